The van der Waals surface area contributed by atoms with Gasteiger partial charge in [0.1, 0.15) is 5.75 Å². The van der Waals surface area contributed by atoms with Crippen LogP contribution in [-0.2, 0) is 22.0 Å². The molecule has 1 rings (SSSR count). The average molecular weight is 339 g/mol. The van der Waals surface area contributed by atoms with Crippen LogP contribution in [0, 0.1) is 0 Å². The number of carboxylic acids is 1. The lowest BCUT2D eigenvalue weighted by Gasteiger charge is -2.28. The molecule has 0 aliphatic heterocycles. The van der Waals surface area contributed by atoms with E-state index < -0.39 is 11.2 Å². The quantitative estimate of drug-likeness (QED) is 0.683. The van der Waals surface area contributed by atoms with Gasteiger partial charge in [-0.25, -0.2) is 0 Å². The van der Waals surface area contributed by atoms with Gasteiger partial charge < -0.3 is 10.2 Å². The Bertz CT molecular complexity index is 530. The van der Waals surface area contributed by atoms with Crippen molar-refractivity contribution in [2.24, 2.45) is 0 Å². The fourth-order valence-electron chi connectivity index (χ4n) is 2.61. The summed E-state index contributed by atoms with van der Waals surface area (Å²) in [5.41, 5.74) is 2.74. The molecular formula is C19H30O3S. The number of hydrogen-bond acceptors (Lipinski definition) is 3. The summed E-state index contributed by atoms with van der Waals surface area (Å²) in [6, 6.07) is 4.11. The van der Waals surface area contributed by atoms with Crippen molar-refractivity contribution in [2.75, 3.05) is 0 Å². The molecule has 0 aliphatic rings. The highest BCUT2D eigenvalue weighted by Crippen LogP contribution is 2.40. The Balaban J connectivity index is 3.11. The van der Waals surface area contributed by atoms with E-state index in [1.54, 1.807) is 0 Å². The molecule has 4 heteroatoms. The van der Waals surface area contributed by atoms with Crippen molar-refractivity contribution in [2.45, 2.75) is 76.9 Å². The largest absolute Gasteiger partial charge is 0.507 e. The van der Waals surface area contributed by atoms with Crippen molar-refractivity contribution in [1.82, 2.24) is 0 Å². The standard InChI is InChI=1S/C19H30O3S/c1-18(2,3)13-10-12(8-7-9-15(23)17(21)22)11-14(16(13)20)19(4,5)6/h10-11,15,20,23H,7-9H2,1-6H3,(H,21,22). The van der Waals surface area contributed by atoms with Gasteiger partial charge in [0, 0.05) is 0 Å². The summed E-state index contributed by atoms with van der Waals surface area (Å²) in [6.45, 7) is 12.5. The zero-order valence-corrected chi connectivity index (χ0v) is 16.0. The maximum Gasteiger partial charge on any atom is 0.316 e. The monoisotopic (exact) mass is 338 g/mol. The van der Waals surface area contributed by atoms with E-state index in [9.17, 15) is 9.90 Å². The summed E-state index contributed by atoms with van der Waals surface area (Å²) < 4.78 is 0. The number of aliphatic carboxylic acids is 1. The molecule has 0 heterocycles. The Hall–Kier alpha value is -1.16. The molecule has 0 bridgehead atoms. The molecule has 0 fully saturated rings. The summed E-state index contributed by atoms with van der Waals surface area (Å²) >= 11 is 4.08. The van der Waals surface area contributed by atoms with Crippen LogP contribution in [-0.4, -0.2) is 21.4 Å². The van der Waals surface area contributed by atoms with Gasteiger partial charge in [-0.05, 0) is 46.8 Å². The second-order valence-electron chi connectivity index (χ2n) is 8.29. The molecular weight excluding hydrogens is 308 g/mol. The van der Waals surface area contributed by atoms with Crippen LogP contribution in [0.25, 0.3) is 0 Å². The topological polar surface area (TPSA) is 57.5 Å². The lowest BCUT2D eigenvalue weighted by molar-refractivity contribution is -0.136. The summed E-state index contributed by atoms with van der Waals surface area (Å²) in [5.74, 6) is -0.490. The first-order valence-corrected chi connectivity index (χ1v) is 8.63. The number of aromatic hydroxyl groups is 1. The number of aryl methyl sites for hydroxylation is 1. The molecule has 23 heavy (non-hydrogen) atoms. The minimum absolute atomic E-state index is 0.146. The predicted molar refractivity (Wildman–Crippen MR) is 98.9 cm³/mol. The smallest absolute Gasteiger partial charge is 0.316 e. The van der Waals surface area contributed by atoms with Gasteiger partial charge in [0.15, 0.2) is 0 Å². The lowest BCUT2D eigenvalue weighted by Crippen LogP contribution is -2.18. The molecule has 0 aliphatic carbocycles. The van der Waals surface area contributed by atoms with Gasteiger partial charge in [0.05, 0.1) is 5.25 Å². The van der Waals surface area contributed by atoms with Crippen LogP contribution < -0.4 is 0 Å². The first kappa shape index (κ1) is 19.9. The zero-order chi connectivity index (χ0) is 18.0. The number of rotatable bonds is 5. The second-order valence-corrected chi connectivity index (χ2v) is 8.91. The summed E-state index contributed by atoms with van der Waals surface area (Å²) in [6.07, 6.45) is 2.09. The highest BCUT2D eigenvalue weighted by Gasteiger charge is 2.26. The Labute approximate surface area is 145 Å². The van der Waals surface area contributed by atoms with Gasteiger partial charge in [-0.2, -0.15) is 12.6 Å². The Kier molecular flexibility index (Phi) is 6.19. The normalized spacial score (nSPS) is 13.9. The van der Waals surface area contributed by atoms with Crippen LogP contribution in [0.4, 0.5) is 0 Å². The predicted octanol–water partition coefficient (Wildman–Crippen LogP) is 4.69. The Morgan fingerprint density at radius 1 is 1.09 bits per heavy atom. The maximum atomic E-state index is 10.8. The van der Waals surface area contributed by atoms with Crippen molar-refractivity contribution < 1.29 is 15.0 Å². The third-order valence-corrected chi connectivity index (χ3v) is 4.49. The number of carboxylic acid groups (broad SMARTS) is 1. The molecule has 1 atom stereocenters. The average Bonchev–Trinajstić information content (AvgIpc) is 2.37. The molecule has 1 aromatic carbocycles. The van der Waals surface area contributed by atoms with E-state index in [-0.39, 0.29) is 10.8 Å². The van der Waals surface area contributed by atoms with E-state index in [1.165, 1.54) is 0 Å². The second kappa shape index (κ2) is 7.16. The third-order valence-electron chi connectivity index (χ3n) is 4.01. The maximum absolute atomic E-state index is 10.8. The van der Waals surface area contributed by atoms with E-state index in [0.29, 0.717) is 12.2 Å². The Morgan fingerprint density at radius 2 is 1.52 bits per heavy atom. The van der Waals surface area contributed by atoms with Gasteiger partial charge in [-0.1, -0.05) is 53.7 Å². The van der Waals surface area contributed by atoms with Crippen LogP contribution in [0.1, 0.15) is 71.1 Å². The van der Waals surface area contributed by atoms with E-state index in [0.717, 1.165) is 29.5 Å². The van der Waals surface area contributed by atoms with Crippen LogP contribution >= 0.6 is 12.6 Å². The zero-order valence-electron chi connectivity index (χ0n) is 15.1. The van der Waals surface area contributed by atoms with Crippen molar-refractivity contribution in [3.05, 3.63) is 28.8 Å². The van der Waals surface area contributed by atoms with E-state index in [4.69, 9.17) is 5.11 Å². The Morgan fingerprint density at radius 3 is 1.87 bits per heavy atom. The first-order valence-electron chi connectivity index (χ1n) is 8.11. The molecule has 1 aromatic rings. The van der Waals surface area contributed by atoms with Crippen LogP contribution in [0.5, 0.6) is 5.75 Å². The molecule has 0 saturated heterocycles. The molecule has 0 amide bonds. The fraction of sp³-hybridized carbons (Fsp3) is 0.632. The third kappa shape index (κ3) is 5.45. The molecule has 1 unspecified atom stereocenters. The number of phenolic OH excluding ortho intramolecular Hbond substituents is 1. The van der Waals surface area contributed by atoms with Crippen molar-refractivity contribution >= 4 is 18.6 Å². The number of thiol groups is 1. The van der Waals surface area contributed by atoms with Gasteiger partial charge in [0.2, 0.25) is 0 Å². The molecule has 130 valence electrons. The van der Waals surface area contributed by atoms with Gasteiger partial charge in [-0.15, -0.1) is 0 Å². The van der Waals surface area contributed by atoms with Gasteiger partial charge >= 0.3 is 5.97 Å². The highest BCUT2D eigenvalue weighted by molar-refractivity contribution is 7.81. The molecule has 0 aromatic heterocycles. The van der Waals surface area contributed by atoms with Crippen LogP contribution in [0.15, 0.2) is 12.1 Å². The van der Waals surface area contributed by atoms with E-state index in [2.05, 4.69) is 66.3 Å². The van der Waals surface area contributed by atoms with E-state index >= 15 is 0 Å². The summed E-state index contributed by atoms with van der Waals surface area (Å²) in [4.78, 5) is 10.8. The molecule has 0 radical (unpaired) electrons. The van der Waals surface area contributed by atoms with Crippen molar-refractivity contribution in [3.8, 4) is 5.75 Å². The lowest BCUT2D eigenvalue weighted by atomic mass is 9.78. The number of phenols is 1. The van der Waals surface area contributed by atoms with Crippen LogP contribution in [0.2, 0.25) is 0 Å². The SMILES string of the molecule is CC(C)(C)c1cc(CCCC(S)C(=O)O)cc(C(C)(C)C)c1O. The minimum atomic E-state index is -0.871. The molecule has 3 nitrogen and oxygen atoms in total. The minimum Gasteiger partial charge on any atom is -0.507 e. The highest BCUT2D eigenvalue weighted by atomic mass is 32.1. The fourth-order valence-corrected chi connectivity index (χ4v) is 2.79. The molecule has 0 saturated carbocycles. The van der Waals surface area contributed by atoms with Gasteiger partial charge in [0.25, 0.3) is 0 Å². The number of carbonyl (C=O) groups is 1. The number of benzene rings is 1. The van der Waals surface area contributed by atoms with Gasteiger partial charge in [-0.3, -0.25) is 4.79 Å². The van der Waals surface area contributed by atoms with Crippen molar-refractivity contribution in [3.63, 3.8) is 0 Å². The van der Waals surface area contributed by atoms with Crippen LogP contribution in [0.3, 0.4) is 0 Å². The number of hydrogen-bond donors (Lipinski definition) is 3. The first-order chi connectivity index (χ1) is 10.3. The molecule has 2 N–H and O–H groups in total. The molecule has 0 spiro atoms. The van der Waals surface area contributed by atoms with E-state index in [1.807, 2.05) is 0 Å². The summed E-state index contributed by atoms with van der Waals surface area (Å²) in [7, 11) is 0. The summed E-state index contributed by atoms with van der Waals surface area (Å²) in [5, 5.41) is 19.0. The van der Waals surface area contributed by atoms with Crippen molar-refractivity contribution in [1.29, 1.82) is 0 Å².